The number of hydrogen-bond donors (Lipinski definition) is 1. The number of carbonyl (C=O) groups is 1. The zero-order valence-electron chi connectivity index (χ0n) is 17.3. The molecule has 1 amide bonds. The average Bonchev–Trinajstić information content (AvgIpc) is 3.22. The summed E-state index contributed by atoms with van der Waals surface area (Å²) in [5.41, 5.74) is 1.63. The monoisotopic (exact) mass is 427 g/mol. The molecule has 30 heavy (non-hydrogen) atoms. The lowest BCUT2D eigenvalue weighted by molar-refractivity contribution is -0.120. The predicted octanol–water partition coefficient (Wildman–Crippen LogP) is 4.18. The summed E-state index contributed by atoms with van der Waals surface area (Å²) in [6, 6.07) is 11.3. The Morgan fingerprint density at radius 2 is 1.73 bits per heavy atom. The van der Waals surface area contributed by atoms with E-state index in [2.05, 4.69) is 10.2 Å². The van der Waals surface area contributed by atoms with Gasteiger partial charge in [0.25, 0.3) is 0 Å². The summed E-state index contributed by atoms with van der Waals surface area (Å²) in [5.74, 6) is 2.09. The van der Waals surface area contributed by atoms with Crippen molar-refractivity contribution in [3.05, 3.63) is 36.4 Å². The van der Waals surface area contributed by atoms with Crippen molar-refractivity contribution in [1.82, 2.24) is 4.98 Å². The Labute approximate surface area is 179 Å². The molecule has 0 bridgehead atoms. The predicted molar refractivity (Wildman–Crippen MR) is 119 cm³/mol. The number of thiazole rings is 1. The first-order valence-electron chi connectivity index (χ1n) is 9.83. The van der Waals surface area contributed by atoms with Crippen molar-refractivity contribution in [1.29, 1.82) is 0 Å². The van der Waals surface area contributed by atoms with Crippen molar-refractivity contribution >= 4 is 38.3 Å². The second-order valence-corrected chi connectivity index (χ2v) is 8.16. The SMILES string of the molecule is COc1ccc(NC(=O)C2CCN(c3nc4ccc(OC)cc4s3)CC2)c(OC)c1. The molecule has 158 valence electrons. The maximum Gasteiger partial charge on any atom is 0.227 e. The molecular weight excluding hydrogens is 402 g/mol. The lowest BCUT2D eigenvalue weighted by Gasteiger charge is -2.31. The van der Waals surface area contributed by atoms with Gasteiger partial charge in [0.2, 0.25) is 5.91 Å². The molecule has 7 nitrogen and oxygen atoms in total. The number of carbonyl (C=O) groups excluding carboxylic acids is 1. The number of rotatable bonds is 6. The van der Waals surface area contributed by atoms with E-state index in [1.54, 1.807) is 44.8 Å². The number of ether oxygens (including phenoxy) is 3. The van der Waals surface area contributed by atoms with Gasteiger partial charge in [0.1, 0.15) is 17.2 Å². The quantitative estimate of drug-likeness (QED) is 0.636. The first-order valence-corrected chi connectivity index (χ1v) is 10.7. The average molecular weight is 428 g/mol. The maximum atomic E-state index is 12.8. The molecule has 1 N–H and O–H groups in total. The number of fused-ring (bicyclic) bond motifs is 1. The van der Waals surface area contributed by atoms with E-state index in [1.165, 1.54) is 0 Å². The Balaban J connectivity index is 1.39. The number of nitrogens with one attached hydrogen (secondary N) is 1. The molecule has 0 radical (unpaired) electrons. The topological polar surface area (TPSA) is 72.9 Å². The number of amides is 1. The van der Waals surface area contributed by atoms with Gasteiger partial charge in [-0.05, 0) is 43.2 Å². The van der Waals surface area contributed by atoms with Gasteiger partial charge in [-0.15, -0.1) is 0 Å². The molecule has 1 fully saturated rings. The molecule has 0 atom stereocenters. The Morgan fingerprint density at radius 3 is 2.43 bits per heavy atom. The molecule has 4 rings (SSSR count). The van der Waals surface area contributed by atoms with Gasteiger partial charge in [-0.1, -0.05) is 11.3 Å². The van der Waals surface area contributed by atoms with E-state index >= 15 is 0 Å². The van der Waals surface area contributed by atoms with Crippen molar-refractivity contribution in [2.24, 2.45) is 5.92 Å². The molecular formula is C22H25N3O4S. The van der Waals surface area contributed by atoms with E-state index in [4.69, 9.17) is 19.2 Å². The van der Waals surface area contributed by atoms with Crippen LogP contribution in [0.2, 0.25) is 0 Å². The number of benzene rings is 2. The molecule has 2 aromatic carbocycles. The van der Waals surface area contributed by atoms with Gasteiger partial charge in [-0.3, -0.25) is 4.79 Å². The van der Waals surface area contributed by atoms with Crippen LogP contribution in [0.15, 0.2) is 36.4 Å². The molecule has 1 aliphatic rings. The minimum Gasteiger partial charge on any atom is -0.497 e. The van der Waals surface area contributed by atoms with E-state index in [0.29, 0.717) is 17.2 Å². The van der Waals surface area contributed by atoms with E-state index in [1.807, 2.05) is 24.3 Å². The first-order chi connectivity index (χ1) is 14.6. The van der Waals surface area contributed by atoms with Gasteiger partial charge in [-0.2, -0.15) is 0 Å². The lowest BCUT2D eigenvalue weighted by atomic mass is 9.96. The van der Waals surface area contributed by atoms with Crippen LogP contribution in [-0.2, 0) is 4.79 Å². The number of hydrogen-bond acceptors (Lipinski definition) is 7. The molecule has 8 heteroatoms. The van der Waals surface area contributed by atoms with Gasteiger partial charge in [0.05, 0.1) is 37.2 Å². The van der Waals surface area contributed by atoms with Crippen molar-refractivity contribution in [2.45, 2.75) is 12.8 Å². The summed E-state index contributed by atoms with van der Waals surface area (Å²) in [6.07, 6.45) is 1.56. The smallest absolute Gasteiger partial charge is 0.227 e. The second kappa shape index (κ2) is 8.79. The molecule has 1 saturated heterocycles. The highest BCUT2D eigenvalue weighted by molar-refractivity contribution is 7.22. The maximum absolute atomic E-state index is 12.8. The molecule has 2 heterocycles. The van der Waals surface area contributed by atoms with Gasteiger partial charge >= 0.3 is 0 Å². The Hall–Kier alpha value is -3.00. The summed E-state index contributed by atoms with van der Waals surface area (Å²) in [6.45, 7) is 1.60. The summed E-state index contributed by atoms with van der Waals surface area (Å²) in [5, 5.41) is 4.00. The summed E-state index contributed by atoms with van der Waals surface area (Å²) in [7, 11) is 4.85. The third kappa shape index (κ3) is 4.14. The third-order valence-corrected chi connectivity index (χ3v) is 6.47. The zero-order chi connectivity index (χ0) is 21.1. The number of aromatic nitrogens is 1. The summed E-state index contributed by atoms with van der Waals surface area (Å²) >= 11 is 1.66. The zero-order valence-corrected chi connectivity index (χ0v) is 18.1. The Kier molecular flexibility index (Phi) is 5.94. The van der Waals surface area contributed by atoms with Crippen molar-refractivity contribution in [2.75, 3.05) is 44.6 Å². The van der Waals surface area contributed by atoms with Crippen molar-refractivity contribution < 1.29 is 19.0 Å². The highest BCUT2D eigenvalue weighted by atomic mass is 32.1. The van der Waals surface area contributed by atoms with Gasteiger partial charge in [-0.25, -0.2) is 4.98 Å². The third-order valence-electron chi connectivity index (χ3n) is 5.39. The first kappa shape index (κ1) is 20.3. The van der Waals surface area contributed by atoms with Gasteiger partial charge in [0, 0.05) is 25.1 Å². The molecule has 0 aliphatic carbocycles. The molecule has 0 spiro atoms. The molecule has 3 aromatic rings. The highest BCUT2D eigenvalue weighted by Gasteiger charge is 2.27. The van der Waals surface area contributed by atoms with E-state index in [-0.39, 0.29) is 11.8 Å². The Bertz CT molecular complexity index is 1040. The largest absolute Gasteiger partial charge is 0.497 e. The molecule has 0 saturated carbocycles. The number of piperidine rings is 1. The van der Waals surface area contributed by atoms with E-state index < -0.39 is 0 Å². The van der Waals surface area contributed by atoms with E-state index in [0.717, 1.165) is 47.0 Å². The number of anilines is 2. The van der Waals surface area contributed by atoms with Gasteiger partial charge < -0.3 is 24.4 Å². The fourth-order valence-corrected chi connectivity index (χ4v) is 4.67. The van der Waals surface area contributed by atoms with Crippen LogP contribution in [0.4, 0.5) is 10.8 Å². The lowest BCUT2D eigenvalue weighted by Crippen LogP contribution is -2.38. The minimum absolute atomic E-state index is 0.0205. The van der Waals surface area contributed by atoms with Crippen LogP contribution in [0, 0.1) is 5.92 Å². The Morgan fingerprint density at radius 1 is 1.03 bits per heavy atom. The van der Waals surface area contributed by atoms with Crippen LogP contribution in [0.3, 0.4) is 0 Å². The van der Waals surface area contributed by atoms with Crippen LogP contribution in [0.5, 0.6) is 17.2 Å². The second-order valence-electron chi connectivity index (χ2n) is 7.15. The standard InChI is InChI=1S/C22H25N3O4S/c1-27-15-4-6-17(19(12-15)29-3)23-21(26)14-8-10-25(11-9-14)22-24-18-7-5-16(28-2)13-20(18)30-22/h4-7,12-14H,8-11H2,1-3H3,(H,23,26). The molecule has 1 aromatic heterocycles. The van der Waals surface area contributed by atoms with Crippen LogP contribution < -0.4 is 24.4 Å². The fraction of sp³-hybridized carbons (Fsp3) is 0.364. The summed E-state index contributed by atoms with van der Waals surface area (Å²) < 4.78 is 17.0. The fourth-order valence-electron chi connectivity index (χ4n) is 3.62. The normalized spacial score (nSPS) is 14.6. The van der Waals surface area contributed by atoms with Crippen LogP contribution in [0.25, 0.3) is 10.2 Å². The van der Waals surface area contributed by atoms with Crippen LogP contribution in [0.1, 0.15) is 12.8 Å². The number of nitrogens with zero attached hydrogens (tertiary/aromatic N) is 2. The number of methoxy groups -OCH3 is 3. The van der Waals surface area contributed by atoms with Crippen molar-refractivity contribution in [3.63, 3.8) is 0 Å². The van der Waals surface area contributed by atoms with Crippen LogP contribution in [-0.4, -0.2) is 45.3 Å². The van der Waals surface area contributed by atoms with Crippen molar-refractivity contribution in [3.8, 4) is 17.2 Å². The minimum atomic E-state index is -0.0393. The van der Waals surface area contributed by atoms with Gasteiger partial charge in [0.15, 0.2) is 5.13 Å². The molecule has 1 aliphatic heterocycles. The molecule has 0 unspecified atom stereocenters. The highest BCUT2D eigenvalue weighted by Crippen LogP contribution is 2.34. The summed E-state index contributed by atoms with van der Waals surface area (Å²) in [4.78, 5) is 19.8. The van der Waals surface area contributed by atoms with Crippen LogP contribution >= 0.6 is 11.3 Å². The van der Waals surface area contributed by atoms with E-state index in [9.17, 15) is 4.79 Å².